The molecule has 2 N–H and O–H groups in total. The third kappa shape index (κ3) is 2.72. The van der Waals surface area contributed by atoms with Gasteiger partial charge in [0, 0.05) is 10.6 Å². The summed E-state index contributed by atoms with van der Waals surface area (Å²) in [5.74, 6) is 0. The predicted octanol–water partition coefficient (Wildman–Crippen LogP) is 4.49. The molecule has 1 aliphatic rings. The Balaban J connectivity index is 2.40. The first-order chi connectivity index (χ1) is 8.01. The fourth-order valence-electron chi connectivity index (χ4n) is 2.59. The monoisotopic (exact) mass is 249 g/mol. The minimum Gasteiger partial charge on any atom is -0.321 e. The molecule has 1 aromatic carbocycles. The Bertz CT molecular complexity index is 431. The summed E-state index contributed by atoms with van der Waals surface area (Å²) in [6, 6.07) is 6.12. The van der Waals surface area contributed by atoms with E-state index in [2.05, 4.69) is 12.6 Å². The number of rotatable bonds is 2. The molecule has 0 aliphatic heterocycles. The summed E-state index contributed by atoms with van der Waals surface area (Å²) in [6.07, 6.45) is 5.84. The lowest BCUT2D eigenvalue weighted by atomic mass is 9.77. The number of allylic oxidation sites excluding steroid dienone is 1. The van der Waals surface area contributed by atoms with Crippen molar-refractivity contribution in [1.29, 1.82) is 0 Å². The molecule has 2 heteroatoms. The van der Waals surface area contributed by atoms with Gasteiger partial charge < -0.3 is 5.73 Å². The highest BCUT2D eigenvalue weighted by Gasteiger charge is 2.29. The van der Waals surface area contributed by atoms with Crippen LogP contribution in [0.15, 0.2) is 24.8 Å². The third-order valence-electron chi connectivity index (χ3n) is 3.71. The summed E-state index contributed by atoms with van der Waals surface area (Å²) in [5, 5.41) is 0.760. The van der Waals surface area contributed by atoms with E-state index in [1.165, 1.54) is 24.8 Å². The van der Waals surface area contributed by atoms with E-state index >= 15 is 0 Å². The van der Waals surface area contributed by atoms with Gasteiger partial charge in [-0.2, -0.15) is 0 Å². The molecule has 0 aromatic heterocycles. The van der Waals surface area contributed by atoms with Crippen LogP contribution in [0.2, 0.25) is 5.02 Å². The zero-order valence-electron chi connectivity index (χ0n) is 10.4. The van der Waals surface area contributed by atoms with E-state index in [4.69, 9.17) is 17.3 Å². The molecule has 0 saturated heterocycles. The maximum Gasteiger partial charge on any atom is 0.0415 e. The number of hydrogen-bond donors (Lipinski definition) is 1. The Kier molecular flexibility index (Phi) is 3.60. The Morgan fingerprint density at radius 2 is 1.88 bits per heavy atom. The van der Waals surface area contributed by atoms with Crippen molar-refractivity contribution >= 4 is 17.2 Å². The van der Waals surface area contributed by atoms with Crippen LogP contribution in [0.1, 0.15) is 50.2 Å². The van der Waals surface area contributed by atoms with E-state index in [0.717, 1.165) is 29.0 Å². The average molecular weight is 250 g/mol. The normalized spacial score (nSPS) is 19.0. The molecule has 2 rings (SSSR count). The van der Waals surface area contributed by atoms with Crippen molar-refractivity contribution in [2.45, 2.75) is 44.6 Å². The van der Waals surface area contributed by atoms with Gasteiger partial charge in [-0.15, -0.1) is 0 Å². The minimum absolute atomic E-state index is 0.187. The summed E-state index contributed by atoms with van der Waals surface area (Å²) in [4.78, 5) is 0. The van der Waals surface area contributed by atoms with Crippen LogP contribution in [0.25, 0.3) is 5.57 Å². The first-order valence-corrected chi connectivity index (χ1v) is 6.65. The molecule has 0 amide bonds. The van der Waals surface area contributed by atoms with Gasteiger partial charge in [-0.3, -0.25) is 0 Å². The summed E-state index contributed by atoms with van der Waals surface area (Å²) >= 11 is 6.18. The molecule has 0 radical (unpaired) electrons. The molecule has 1 aliphatic carbocycles. The van der Waals surface area contributed by atoms with Crippen molar-refractivity contribution in [2.24, 2.45) is 5.73 Å². The van der Waals surface area contributed by atoms with Gasteiger partial charge in [0.05, 0.1) is 0 Å². The van der Waals surface area contributed by atoms with Gasteiger partial charge in [-0.25, -0.2) is 0 Å². The van der Waals surface area contributed by atoms with Crippen LogP contribution in [-0.2, 0) is 5.54 Å². The quantitative estimate of drug-likeness (QED) is 0.821. The van der Waals surface area contributed by atoms with Crippen molar-refractivity contribution in [3.05, 3.63) is 40.9 Å². The first-order valence-electron chi connectivity index (χ1n) is 6.27. The number of benzene rings is 1. The van der Waals surface area contributed by atoms with Gasteiger partial charge in [0.2, 0.25) is 0 Å². The maximum atomic E-state index is 6.53. The Hall–Kier alpha value is -0.790. The molecule has 1 nitrogen and oxygen atoms in total. The highest BCUT2D eigenvalue weighted by atomic mass is 35.5. The molecule has 0 atom stereocenters. The number of halogens is 1. The largest absolute Gasteiger partial charge is 0.321 e. The standard InChI is InChI=1S/C15H20ClN/c1-11(2)12-8-13(10-14(16)9-12)15(17)6-4-3-5-7-15/h8-10H,1,3-7,17H2,2H3. The Morgan fingerprint density at radius 3 is 2.47 bits per heavy atom. The SMILES string of the molecule is C=C(C)c1cc(Cl)cc(C2(N)CCCCC2)c1. The van der Waals surface area contributed by atoms with E-state index in [1.54, 1.807) is 0 Å². The van der Waals surface area contributed by atoms with E-state index in [9.17, 15) is 0 Å². The van der Waals surface area contributed by atoms with Crippen molar-refractivity contribution in [1.82, 2.24) is 0 Å². The molecular formula is C15H20ClN. The minimum atomic E-state index is -0.187. The number of nitrogens with two attached hydrogens (primary N) is 1. The lowest BCUT2D eigenvalue weighted by Crippen LogP contribution is -2.38. The topological polar surface area (TPSA) is 26.0 Å². The fourth-order valence-corrected chi connectivity index (χ4v) is 2.83. The lowest BCUT2D eigenvalue weighted by molar-refractivity contribution is 0.302. The number of hydrogen-bond acceptors (Lipinski definition) is 1. The highest BCUT2D eigenvalue weighted by molar-refractivity contribution is 6.30. The first kappa shape index (κ1) is 12.7. The van der Waals surface area contributed by atoms with Crippen LogP contribution in [0.3, 0.4) is 0 Å². The molecule has 0 bridgehead atoms. The Morgan fingerprint density at radius 1 is 1.24 bits per heavy atom. The summed E-state index contributed by atoms with van der Waals surface area (Å²) in [7, 11) is 0. The van der Waals surface area contributed by atoms with Crippen LogP contribution < -0.4 is 5.73 Å². The van der Waals surface area contributed by atoms with E-state index in [-0.39, 0.29) is 5.54 Å². The summed E-state index contributed by atoms with van der Waals surface area (Å²) in [5.41, 5.74) is 9.65. The second kappa shape index (κ2) is 4.83. The van der Waals surface area contributed by atoms with E-state index < -0.39 is 0 Å². The van der Waals surface area contributed by atoms with Gasteiger partial charge in [-0.05, 0) is 49.1 Å². The zero-order valence-corrected chi connectivity index (χ0v) is 11.2. The van der Waals surface area contributed by atoms with Gasteiger partial charge in [-0.1, -0.05) is 43.0 Å². The van der Waals surface area contributed by atoms with Gasteiger partial charge >= 0.3 is 0 Å². The second-order valence-electron chi connectivity index (χ2n) is 5.23. The van der Waals surface area contributed by atoms with Crippen LogP contribution in [0, 0.1) is 0 Å². The third-order valence-corrected chi connectivity index (χ3v) is 3.93. The van der Waals surface area contributed by atoms with Gasteiger partial charge in [0.25, 0.3) is 0 Å². The van der Waals surface area contributed by atoms with Crippen molar-refractivity contribution in [2.75, 3.05) is 0 Å². The lowest BCUT2D eigenvalue weighted by Gasteiger charge is -2.34. The molecule has 1 saturated carbocycles. The van der Waals surface area contributed by atoms with E-state index in [1.807, 2.05) is 19.1 Å². The highest BCUT2D eigenvalue weighted by Crippen LogP contribution is 2.36. The van der Waals surface area contributed by atoms with Crippen molar-refractivity contribution in [3.8, 4) is 0 Å². The van der Waals surface area contributed by atoms with Crippen molar-refractivity contribution < 1.29 is 0 Å². The molecule has 92 valence electrons. The van der Waals surface area contributed by atoms with E-state index in [0.29, 0.717) is 0 Å². The van der Waals surface area contributed by atoms with Crippen molar-refractivity contribution in [3.63, 3.8) is 0 Å². The molecular weight excluding hydrogens is 230 g/mol. The van der Waals surface area contributed by atoms with Crippen LogP contribution in [-0.4, -0.2) is 0 Å². The van der Waals surface area contributed by atoms with Gasteiger partial charge in [0.15, 0.2) is 0 Å². The molecule has 0 heterocycles. The second-order valence-corrected chi connectivity index (χ2v) is 5.66. The Labute approximate surface area is 109 Å². The molecule has 1 fully saturated rings. The molecule has 17 heavy (non-hydrogen) atoms. The van der Waals surface area contributed by atoms with Crippen LogP contribution in [0.5, 0.6) is 0 Å². The smallest absolute Gasteiger partial charge is 0.0415 e. The summed E-state index contributed by atoms with van der Waals surface area (Å²) in [6.45, 7) is 5.98. The van der Waals surface area contributed by atoms with Gasteiger partial charge in [0.1, 0.15) is 0 Å². The van der Waals surface area contributed by atoms with Crippen LogP contribution >= 0.6 is 11.6 Å². The molecule has 0 spiro atoms. The van der Waals surface area contributed by atoms with Crippen LogP contribution in [0.4, 0.5) is 0 Å². The average Bonchev–Trinajstić information content (AvgIpc) is 2.29. The zero-order chi connectivity index (χ0) is 12.5. The fraction of sp³-hybridized carbons (Fsp3) is 0.467. The molecule has 0 unspecified atom stereocenters. The maximum absolute atomic E-state index is 6.53. The summed E-state index contributed by atoms with van der Waals surface area (Å²) < 4.78 is 0. The molecule has 1 aromatic rings. The predicted molar refractivity (Wildman–Crippen MR) is 75.1 cm³/mol.